The van der Waals surface area contributed by atoms with E-state index in [1.54, 1.807) is 37.3 Å². The molecule has 0 aliphatic heterocycles. The maximum absolute atomic E-state index is 10.8. The Morgan fingerprint density at radius 1 is 1.20 bits per heavy atom. The molecule has 5 nitrogen and oxygen atoms in total. The minimum Gasteiger partial charge on any atom is -0.457 e. The zero-order chi connectivity index (χ0) is 14.7. The molecule has 1 atom stereocenters. The van der Waals surface area contributed by atoms with Gasteiger partial charge in [-0.05, 0) is 30.7 Å². The first kappa shape index (κ1) is 14.5. The summed E-state index contributed by atoms with van der Waals surface area (Å²) in [5, 5.41) is 20.2. The number of aliphatic hydroxyl groups excluding tert-OH is 1. The molecule has 1 N–H and O–H groups in total. The fourth-order valence-corrected chi connectivity index (χ4v) is 2.12. The van der Waals surface area contributed by atoms with Crippen molar-refractivity contribution in [2.75, 3.05) is 0 Å². The second-order valence-corrected chi connectivity index (χ2v) is 5.16. The first-order valence-electron chi connectivity index (χ1n) is 5.86. The Morgan fingerprint density at radius 2 is 1.85 bits per heavy atom. The van der Waals surface area contributed by atoms with Gasteiger partial charge in [0.25, 0.3) is 5.69 Å². The summed E-state index contributed by atoms with van der Waals surface area (Å²) in [6, 6.07) is 11.3. The molecule has 104 valence electrons. The van der Waals surface area contributed by atoms with Crippen LogP contribution in [0.4, 0.5) is 5.69 Å². The van der Waals surface area contributed by atoms with Gasteiger partial charge in [0, 0.05) is 10.5 Å². The molecule has 0 fully saturated rings. The SMILES string of the molecule is C[C@H](O)c1ccc(Oc2cc(Br)cc([N+](=O)[O-])c2)cc1. The lowest BCUT2D eigenvalue weighted by Gasteiger charge is -2.08. The number of benzene rings is 2. The average molecular weight is 338 g/mol. The van der Waals surface area contributed by atoms with E-state index in [0.717, 1.165) is 5.56 Å². The Kier molecular flexibility index (Phi) is 4.36. The summed E-state index contributed by atoms with van der Waals surface area (Å²) < 4.78 is 6.14. The van der Waals surface area contributed by atoms with Crippen molar-refractivity contribution in [2.24, 2.45) is 0 Å². The molecule has 0 amide bonds. The number of aliphatic hydroxyl groups is 1. The van der Waals surface area contributed by atoms with Crippen LogP contribution in [0.25, 0.3) is 0 Å². The number of hydrogen-bond donors (Lipinski definition) is 1. The smallest absolute Gasteiger partial charge is 0.274 e. The van der Waals surface area contributed by atoms with Gasteiger partial charge in [-0.15, -0.1) is 0 Å². The van der Waals surface area contributed by atoms with Gasteiger partial charge in [0.1, 0.15) is 11.5 Å². The van der Waals surface area contributed by atoms with E-state index < -0.39 is 11.0 Å². The Hall–Kier alpha value is -1.92. The molecule has 6 heteroatoms. The zero-order valence-electron chi connectivity index (χ0n) is 10.6. The Morgan fingerprint density at radius 3 is 2.40 bits per heavy atom. The van der Waals surface area contributed by atoms with E-state index in [9.17, 15) is 15.2 Å². The molecule has 0 aliphatic rings. The average Bonchev–Trinajstić information content (AvgIpc) is 2.38. The van der Waals surface area contributed by atoms with Crippen molar-refractivity contribution in [1.29, 1.82) is 0 Å². The summed E-state index contributed by atoms with van der Waals surface area (Å²) in [6.45, 7) is 1.67. The molecule has 0 saturated carbocycles. The van der Waals surface area contributed by atoms with Crippen LogP contribution >= 0.6 is 15.9 Å². The van der Waals surface area contributed by atoms with Gasteiger partial charge in [0.05, 0.1) is 17.1 Å². The number of nitro groups is 1. The molecule has 0 radical (unpaired) electrons. The van der Waals surface area contributed by atoms with Crippen LogP contribution in [0.1, 0.15) is 18.6 Å². The predicted molar refractivity (Wildman–Crippen MR) is 77.9 cm³/mol. The number of halogens is 1. The highest BCUT2D eigenvalue weighted by atomic mass is 79.9. The van der Waals surface area contributed by atoms with Crippen LogP contribution in [-0.4, -0.2) is 10.0 Å². The van der Waals surface area contributed by atoms with E-state index >= 15 is 0 Å². The molecule has 0 heterocycles. The third kappa shape index (κ3) is 3.55. The highest BCUT2D eigenvalue weighted by Gasteiger charge is 2.10. The molecule has 0 saturated heterocycles. The van der Waals surface area contributed by atoms with E-state index in [1.807, 2.05) is 0 Å². The number of non-ortho nitro benzene ring substituents is 1. The number of nitrogens with zero attached hydrogens (tertiary/aromatic N) is 1. The summed E-state index contributed by atoms with van der Waals surface area (Å²) in [5.41, 5.74) is 0.729. The van der Waals surface area contributed by atoms with E-state index in [0.29, 0.717) is 16.0 Å². The van der Waals surface area contributed by atoms with Gasteiger partial charge in [-0.25, -0.2) is 0 Å². The zero-order valence-corrected chi connectivity index (χ0v) is 12.2. The number of rotatable bonds is 4. The second kappa shape index (κ2) is 6.02. The third-order valence-corrected chi connectivity index (χ3v) is 3.12. The lowest BCUT2D eigenvalue weighted by Crippen LogP contribution is -1.92. The Balaban J connectivity index is 2.23. The quantitative estimate of drug-likeness (QED) is 0.670. The van der Waals surface area contributed by atoms with Gasteiger partial charge in [0.15, 0.2) is 0 Å². The molecule has 2 aromatic rings. The summed E-state index contributed by atoms with van der Waals surface area (Å²) in [7, 11) is 0. The van der Waals surface area contributed by atoms with E-state index in [2.05, 4.69) is 15.9 Å². The largest absolute Gasteiger partial charge is 0.457 e. The fourth-order valence-electron chi connectivity index (χ4n) is 1.66. The van der Waals surface area contributed by atoms with E-state index in [-0.39, 0.29) is 5.69 Å². The Labute approximate surface area is 124 Å². The van der Waals surface area contributed by atoms with Crippen molar-refractivity contribution in [2.45, 2.75) is 13.0 Å². The Bertz CT molecular complexity index is 626. The van der Waals surface area contributed by atoms with Crippen molar-refractivity contribution < 1.29 is 14.8 Å². The predicted octanol–water partition coefficient (Wildman–Crippen LogP) is 4.20. The van der Waals surface area contributed by atoms with Crippen molar-refractivity contribution in [3.63, 3.8) is 0 Å². The first-order chi connectivity index (χ1) is 9.45. The third-order valence-electron chi connectivity index (χ3n) is 2.67. The van der Waals surface area contributed by atoms with Gasteiger partial charge in [-0.2, -0.15) is 0 Å². The van der Waals surface area contributed by atoms with Gasteiger partial charge < -0.3 is 9.84 Å². The van der Waals surface area contributed by atoms with Crippen molar-refractivity contribution >= 4 is 21.6 Å². The van der Waals surface area contributed by atoms with E-state index in [4.69, 9.17) is 4.74 Å². The number of ether oxygens (including phenoxy) is 1. The minimum atomic E-state index is -0.545. The molecule has 0 unspecified atom stereocenters. The molecule has 0 bridgehead atoms. The summed E-state index contributed by atoms with van der Waals surface area (Å²) in [4.78, 5) is 10.3. The standard InChI is InChI=1S/C14H12BrNO4/c1-9(17)10-2-4-13(5-3-10)20-14-7-11(15)6-12(8-14)16(18)19/h2-9,17H,1H3/t9-/m0/s1. The van der Waals surface area contributed by atoms with Crippen molar-refractivity contribution in [3.8, 4) is 11.5 Å². The fraction of sp³-hybridized carbons (Fsp3) is 0.143. The van der Waals surface area contributed by atoms with Crippen LogP contribution in [0.2, 0.25) is 0 Å². The van der Waals surface area contributed by atoms with Crippen LogP contribution in [0.5, 0.6) is 11.5 Å². The lowest BCUT2D eigenvalue weighted by atomic mass is 10.1. The summed E-state index contributed by atoms with van der Waals surface area (Å²) >= 11 is 3.21. The van der Waals surface area contributed by atoms with E-state index in [1.165, 1.54) is 12.1 Å². The molecule has 0 spiro atoms. The van der Waals surface area contributed by atoms with Crippen LogP contribution in [-0.2, 0) is 0 Å². The van der Waals surface area contributed by atoms with Gasteiger partial charge in [0.2, 0.25) is 0 Å². The number of nitro benzene ring substituents is 1. The number of hydrogen-bond acceptors (Lipinski definition) is 4. The van der Waals surface area contributed by atoms with Crippen LogP contribution in [0.3, 0.4) is 0 Å². The normalized spacial score (nSPS) is 11.9. The second-order valence-electron chi connectivity index (χ2n) is 4.25. The van der Waals surface area contributed by atoms with Crippen LogP contribution in [0, 0.1) is 10.1 Å². The summed E-state index contributed by atoms with van der Waals surface area (Å²) in [5.74, 6) is 0.915. The van der Waals surface area contributed by atoms with Crippen LogP contribution in [0.15, 0.2) is 46.9 Å². The first-order valence-corrected chi connectivity index (χ1v) is 6.66. The maximum Gasteiger partial charge on any atom is 0.274 e. The van der Waals surface area contributed by atoms with Crippen molar-refractivity contribution in [3.05, 3.63) is 62.6 Å². The molecule has 0 aliphatic carbocycles. The van der Waals surface area contributed by atoms with Gasteiger partial charge in [-0.3, -0.25) is 10.1 Å². The minimum absolute atomic E-state index is 0.0463. The monoisotopic (exact) mass is 337 g/mol. The molecular formula is C14H12BrNO4. The van der Waals surface area contributed by atoms with Crippen molar-refractivity contribution in [1.82, 2.24) is 0 Å². The molecule has 2 rings (SSSR count). The van der Waals surface area contributed by atoms with Gasteiger partial charge in [-0.1, -0.05) is 28.1 Å². The lowest BCUT2D eigenvalue weighted by molar-refractivity contribution is -0.385. The summed E-state index contributed by atoms with van der Waals surface area (Å²) in [6.07, 6.45) is -0.545. The molecular weight excluding hydrogens is 326 g/mol. The topological polar surface area (TPSA) is 72.6 Å². The molecule has 0 aromatic heterocycles. The molecule has 20 heavy (non-hydrogen) atoms. The van der Waals surface area contributed by atoms with Crippen LogP contribution < -0.4 is 4.74 Å². The highest BCUT2D eigenvalue weighted by molar-refractivity contribution is 9.10. The maximum atomic E-state index is 10.8. The van der Waals surface area contributed by atoms with Gasteiger partial charge >= 0.3 is 0 Å². The molecule has 2 aromatic carbocycles. The highest BCUT2D eigenvalue weighted by Crippen LogP contribution is 2.30.